The van der Waals surface area contributed by atoms with Gasteiger partial charge in [0.25, 0.3) is 5.69 Å². The molecule has 332 valence electrons. The van der Waals surface area contributed by atoms with E-state index in [1.54, 1.807) is 66.0 Å². The van der Waals surface area contributed by atoms with Gasteiger partial charge in [-0.05, 0) is 49.9 Å². The molecule has 2 aliphatic rings. The number of halogens is 3. The number of non-ortho nitro benzene ring substituents is 1. The van der Waals surface area contributed by atoms with Crippen LogP contribution in [0.2, 0.25) is 0 Å². The number of esters is 2. The number of rotatable bonds is 16. The van der Waals surface area contributed by atoms with Crippen LogP contribution >= 0.6 is 0 Å². The zero-order chi connectivity index (χ0) is 45.0. The summed E-state index contributed by atoms with van der Waals surface area (Å²) in [6, 6.07) is 16.2. The quantitative estimate of drug-likeness (QED) is 0.0805. The summed E-state index contributed by atoms with van der Waals surface area (Å²) >= 11 is 0. The molecule has 62 heavy (non-hydrogen) atoms. The van der Waals surface area contributed by atoms with Crippen LogP contribution in [0.25, 0.3) is 0 Å². The third-order valence-electron chi connectivity index (χ3n) is 9.82. The Bertz CT molecular complexity index is 2060. The smallest absolute Gasteiger partial charge is 0.459 e. The third kappa shape index (κ3) is 12.9. The molecule has 0 unspecified atom stereocenters. The van der Waals surface area contributed by atoms with Crippen LogP contribution < -0.4 is 16.0 Å². The van der Waals surface area contributed by atoms with E-state index in [2.05, 4.69) is 10.6 Å². The van der Waals surface area contributed by atoms with Crippen molar-refractivity contribution in [3.8, 4) is 0 Å². The maximum Gasteiger partial charge on any atom is 0.471 e. The third-order valence-corrected chi connectivity index (χ3v) is 9.82. The second-order valence-electron chi connectivity index (χ2n) is 14.4. The summed E-state index contributed by atoms with van der Waals surface area (Å²) in [6.07, 6.45) is -10.4. The van der Waals surface area contributed by atoms with Gasteiger partial charge in [-0.25, -0.2) is 14.4 Å². The van der Waals surface area contributed by atoms with Crippen molar-refractivity contribution < 1.29 is 70.5 Å². The lowest BCUT2D eigenvalue weighted by Crippen LogP contribution is -2.59. The molecule has 2 heterocycles. The Kier molecular flexibility index (Phi) is 15.9. The molecule has 0 bridgehead atoms. The molecule has 5 rings (SSSR count). The molecule has 3 aromatic carbocycles. The van der Waals surface area contributed by atoms with Crippen molar-refractivity contribution in [3.63, 3.8) is 0 Å². The molecule has 2 aliphatic heterocycles. The Morgan fingerprint density at radius 2 is 1.52 bits per heavy atom. The molecule has 2 fully saturated rings. The van der Waals surface area contributed by atoms with Crippen LogP contribution in [0.3, 0.4) is 0 Å². The number of hydrogen-bond donors (Lipinski definition) is 3. The fourth-order valence-electron chi connectivity index (χ4n) is 6.57. The number of nitro groups is 1. The summed E-state index contributed by atoms with van der Waals surface area (Å²) in [5.41, 5.74) is 0.861. The number of carbonyl (C=O) groups is 6. The summed E-state index contributed by atoms with van der Waals surface area (Å²) in [7, 11) is 0. The molecular weight excluding hydrogens is 827 g/mol. The van der Waals surface area contributed by atoms with E-state index in [1.807, 2.05) is 0 Å². The molecule has 3 N–H and O–H groups in total. The van der Waals surface area contributed by atoms with Gasteiger partial charge in [0.2, 0.25) is 11.8 Å². The standard InChI is InChI=1S/C41H44F3N5O13/c1-24(37(52)59-21-26-10-5-3-6-11-26)45-35(50)31(46-36(51)32-14-9-19-48(32)40(55)60-22-27-12-7-4-8-13-27)23-58-33-20-30(47-39(54)41(42,43)44)34(25(2)61-33)62-38(53)28-15-17-29(18-16-28)49(56)57/h3-8,10-13,15-18,24-25,30-34H,9,14,19-23H2,1-2H3,(H,45,50)(H,46,51)(H,47,54)/t24-,25-,30+,31-,32-,33+,34-/m0/s1. The molecular formula is C41H44F3N5O13. The van der Waals surface area contributed by atoms with Gasteiger partial charge >= 0.3 is 30.1 Å². The number of nitrogens with zero attached hydrogens (tertiary/aromatic N) is 2. The minimum absolute atomic E-state index is 0.0665. The Balaban J connectivity index is 1.29. The maximum absolute atomic E-state index is 13.8. The largest absolute Gasteiger partial charge is 0.471 e. The molecule has 21 heteroatoms. The topological polar surface area (TPSA) is 231 Å². The molecule has 4 amide bonds. The average molecular weight is 872 g/mol. The number of likely N-dealkylation sites (tertiary alicyclic amines) is 1. The molecule has 3 aromatic rings. The van der Waals surface area contributed by atoms with E-state index in [1.165, 1.54) is 18.7 Å². The molecule has 0 saturated carbocycles. The van der Waals surface area contributed by atoms with Crippen molar-refractivity contribution in [2.75, 3.05) is 13.2 Å². The van der Waals surface area contributed by atoms with E-state index in [4.69, 9.17) is 23.7 Å². The zero-order valence-corrected chi connectivity index (χ0v) is 33.4. The first-order chi connectivity index (χ1) is 29.5. The van der Waals surface area contributed by atoms with Crippen molar-refractivity contribution in [1.29, 1.82) is 0 Å². The SMILES string of the molecule is C[C@H](NC(=O)[C@H](CO[C@H]1C[C@@H](NC(=O)C(F)(F)F)[C@@H](OC(=O)c2ccc([N+](=O)[O-])cc2)[C@H](C)O1)NC(=O)[C@@H]1CCCN1C(=O)OCc1ccccc1)C(=O)OCc1ccccc1. The van der Waals surface area contributed by atoms with E-state index >= 15 is 0 Å². The zero-order valence-electron chi connectivity index (χ0n) is 33.4. The van der Waals surface area contributed by atoms with Gasteiger partial charge in [-0.1, -0.05) is 60.7 Å². The van der Waals surface area contributed by atoms with Crippen LogP contribution in [0.15, 0.2) is 84.9 Å². The first-order valence-corrected chi connectivity index (χ1v) is 19.4. The number of carbonyl (C=O) groups excluding carboxylic acids is 6. The molecule has 18 nitrogen and oxygen atoms in total. The van der Waals surface area contributed by atoms with Crippen LogP contribution in [0.1, 0.15) is 54.6 Å². The Labute approximate surface area is 352 Å². The number of amides is 4. The van der Waals surface area contributed by atoms with E-state index in [0.717, 1.165) is 24.3 Å². The normalized spacial score (nSPS) is 20.8. The summed E-state index contributed by atoms with van der Waals surface area (Å²) in [5.74, 6) is -6.01. The summed E-state index contributed by atoms with van der Waals surface area (Å²) in [4.78, 5) is 90.1. The Hall–Kier alpha value is -6.61. The highest BCUT2D eigenvalue weighted by atomic mass is 19.4. The number of nitro benzene ring substituents is 1. The van der Waals surface area contributed by atoms with Crippen molar-refractivity contribution >= 4 is 41.4 Å². The van der Waals surface area contributed by atoms with Crippen LogP contribution in [0.4, 0.5) is 23.7 Å². The average Bonchev–Trinajstić information content (AvgIpc) is 3.75. The van der Waals surface area contributed by atoms with Crippen LogP contribution in [0.5, 0.6) is 0 Å². The Morgan fingerprint density at radius 3 is 2.11 bits per heavy atom. The van der Waals surface area contributed by atoms with Gasteiger partial charge in [-0.2, -0.15) is 13.2 Å². The fraction of sp³-hybridized carbons (Fsp3) is 0.415. The first kappa shape index (κ1) is 46.5. The minimum Gasteiger partial charge on any atom is -0.459 e. The summed E-state index contributed by atoms with van der Waals surface area (Å²) < 4.78 is 68.2. The lowest BCUT2D eigenvalue weighted by atomic mass is 9.98. The maximum atomic E-state index is 13.8. The summed E-state index contributed by atoms with van der Waals surface area (Å²) in [6.45, 7) is 1.94. The molecule has 0 radical (unpaired) electrons. The van der Waals surface area contributed by atoms with Gasteiger partial charge in [0, 0.05) is 25.1 Å². The monoisotopic (exact) mass is 871 g/mol. The van der Waals surface area contributed by atoms with Gasteiger partial charge in [0.05, 0.1) is 29.2 Å². The second-order valence-corrected chi connectivity index (χ2v) is 14.4. The lowest BCUT2D eigenvalue weighted by molar-refractivity contribution is -0.384. The van der Waals surface area contributed by atoms with E-state index in [-0.39, 0.29) is 37.4 Å². The number of nitrogens with one attached hydrogen (secondary N) is 3. The molecule has 0 spiro atoms. The number of alkyl halides is 3. The van der Waals surface area contributed by atoms with Crippen molar-refractivity contribution in [1.82, 2.24) is 20.9 Å². The van der Waals surface area contributed by atoms with E-state index in [0.29, 0.717) is 17.5 Å². The molecule has 2 saturated heterocycles. The van der Waals surface area contributed by atoms with E-state index in [9.17, 15) is 52.1 Å². The number of ether oxygens (including phenoxy) is 5. The van der Waals surface area contributed by atoms with Gasteiger partial charge < -0.3 is 39.6 Å². The highest BCUT2D eigenvalue weighted by Gasteiger charge is 2.46. The van der Waals surface area contributed by atoms with Crippen LogP contribution in [-0.4, -0.2) is 108 Å². The minimum atomic E-state index is -5.35. The van der Waals surface area contributed by atoms with Gasteiger partial charge in [-0.3, -0.25) is 29.4 Å². The van der Waals surface area contributed by atoms with Crippen LogP contribution in [-0.2, 0) is 56.1 Å². The highest BCUT2D eigenvalue weighted by Crippen LogP contribution is 2.27. The second kappa shape index (κ2) is 21.3. The van der Waals surface area contributed by atoms with Crippen molar-refractivity contribution in [2.24, 2.45) is 0 Å². The molecule has 0 aliphatic carbocycles. The number of benzene rings is 3. The highest BCUT2D eigenvalue weighted by molar-refractivity contribution is 5.93. The van der Waals surface area contributed by atoms with Crippen molar-refractivity contribution in [3.05, 3.63) is 112 Å². The predicted octanol–water partition coefficient (Wildman–Crippen LogP) is 3.85. The van der Waals surface area contributed by atoms with Gasteiger partial charge in [0.1, 0.15) is 37.4 Å². The fourth-order valence-corrected chi connectivity index (χ4v) is 6.57. The summed E-state index contributed by atoms with van der Waals surface area (Å²) in [5, 5.41) is 17.8. The van der Waals surface area contributed by atoms with Gasteiger partial charge in [0.15, 0.2) is 6.29 Å². The van der Waals surface area contributed by atoms with Crippen molar-refractivity contribution in [2.45, 2.75) is 95.2 Å². The van der Waals surface area contributed by atoms with E-state index < -0.39 is 103 Å². The first-order valence-electron chi connectivity index (χ1n) is 19.4. The van der Waals surface area contributed by atoms with Crippen LogP contribution in [0, 0.1) is 10.1 Å². The lowest BCUT2D eigenvalue weighted by Gasteiger charge is -2.40. The Morgan fingerprint density at radius 1 is 0.903 bits per heavy atom. The number of hydrogen-bond acceptors (Lipinski definition) is 13. The predicted molar refractivity (Wildman–Crippen MR) is 207 cm³/mol. The van der Waals surface area contributed by atoms with Gasteiger partial charge in [-0.15, -0.1) is 0 Å². The molecule has 0 aromatic heterocycles. The molecule has 7 atom stereocenters.